The van der Waals surface area contributed by atoms with Gasteiger partial charge in [-0.05, 0) is 28.8 Å². The average Bonchev–Trinajstić information content (AvgIpc) is 2.51. The Kier molecular flexibility index (Phi) is 4.88. The number of hydrogen-bond acceptors (Lipinski definition) is 3. The van der Waals surface area contributed by atoms with Crippen molar-refractivity contribution in [3.63, 3.8) is 0 Å². The molecule has 4 heteroatoms. The molecule has 1 rings (SSSR count). The molecule has 0 aliphatic heterocycles. The summed E-state index contributed by atoms with van der Waals surface area (Å²) in [5, 5.41) is 9.35. The van der Waals surface area contributed by atoms with Crippen LogP contribution in [-0.4, -0.2) is 10.2 Å². The summed E-state index contributed by atoms with van der Waals surface area (Å²) in [7, 11) is 0. The van der Waals surface area contributed by atoms with Crippen LogP contribution in [0.15, 0.2) is 3.92 Å². The molecule has 0 saturated carbocycles. The van der Waals surface area contributed by atoms with Gasteiger partial charge in [-0.25, -0.2) is 0 Å². The van der Waals surface area contributed by atoms with E-state index in [4.69, 9.17) is 0 Å². The zero-order chi connectivity index (χ0) is 9.68. The third-order valence-corrected chi connectivity index (χ3v) is 3.56. The van der Waals surface area contributed by atoms with E-state index in [-0.39, 0.29) is 0 Å². The van der Waals surface area contributed by atoms with Gasteiger partial charge >= 0.3 is 0 Å². The van der Waals surface area contributed by atoms with Gasteiger partial charge in [-0.2, -0.15) is 0 Å². The second kappa shape index (κ2) is 5.70. The highest BCUT2D eigenvalue weighted by Crippen LogP contribution is 2.30. The molecular weight excluding hydrogens is 248 g/mol. The predicted molar refractivity (Wildman–Crippen MR) is 60.2 cm³/mol. The third-order valence-electron chi connectivity index (χ3n) is 2.04. The molecule has 0 atom stereocenters. The van der Waals surface area contributed by atoms with Gasteiger partial charge in [0, 0.05) is 5.92 Å². The molecular formula is C9H15BrN2S. The number of hydrogen-bond donors (Lipinski definition) is 0. The first kappa shape index (κ1) is 11.1. The summed E-state index contributed by atoms with van der Waals surface area (Å²) in [5.74, 6) is 0.624. The van der Waals surface area contributed by atoms with Gasteiger partial charge in [-0.1, -0.05) is 38.0 Å². The molecule has 1 aromatic rings. The van der Waals surface area contributed by atoms with Crippen LogP contribution in [0.1, 0.15) is 50.5 Å². The van der Waals surface area contributed by atoms with Crippen molar-refractivity contribution in [2.75, 3.05) is 0 Å². The van der Waals surface area contributed by atoms with Gasteiger partial charge in [0.1, 0.15) is 5.01 Å². The van der Waals surface area contributed by atoms with E-state index >= 15 is 0 Å². The summed E-state index contributed by atoms with van der Waals surface area (Å²) >= 11 is 5.02. The number of rotatable bonds is 5. The lowest BCUT2D eigenvalue weighted by molar-refractivity contribution is 0.554. The highest BCUT2D eigenvalue weighted by atomic mass is 79.9. The first-order valence-corrected chi connectivity index (χ1v) is 6.37. The molecule has 0 saturated heterocycles. The maximum atomic E-state index is 4.17. The Morgan fingerprint density at radius 1 is 1.23 bits per heavy atom. The fraction of sp³-hybridized carbons (Fsp3) is 0.778. The molecule has 1 heterocycles. The van der Waals surface area contributed by atoms with Gasteiger partial charge in [0.25, 0.3) is 0 Å². The summed E-state index contributed by atoms with van der Waals surface area (Å²) in [6.07, 6.45) is 4.91. The first-order valence-electron chi connectivity index (χ1n) is 4.76. The molecule has 0 fully saturated rings. The zero-order valence-corrected chi connectivity index (χ0v) is 10.5. The molecule has 0 unspecified atom stereocenters. The Bertz CT molecular complexity index is 244. The summed E-state index contributed by atoms with van der Waals surface area (Å²) in [4.78, 5) is 0. The van der Waals surface area contributed by atoms with E-state index in [0.717, 1.165) is 3.92 Å². The standard InChI is InChI=1S/C9H15BrN2S/c1-3-5-7(6-4-2)8-11-12-9(10)13-8/h7H,3-6H2,1-2H3. The van der Waals surface area contributed by atoms with E-state index in [1.54, 1.807) is 11.3 Å². The fourth-order valence-corrected chi connectivity index (χ4v) is 2.78. The Labute approximate surface area is 91.9 Å². The van der Waals surface area contributed by atoms with Crippen LogP contribution in [0.5, 0.6) is 0 Å². The molecule has 0 aromatic carbocycles. The second-order valence-electron chi connectivity index (χ2n) is 3.17. The second-order valence-corrected chi connectivity index (χ2v) is 5.45. The Morgan fingerprint density at radius 3 is 2.23 bits per heavy atom. The van der Waals surface area contributed by atoms with Crippen LogP contribution in [0, 0.1) is 0 Å². The minimum Gasteiger partial charge on any atom is -0.142 e. The first-order chi connectivity index (χ1) is 6.27. The van der Waals surface area contributed by atoms with Gasteiger partial charge < -0.3 is 0 Å². The molecule has 2 nitrogen and oxygen atoms in total. The summed E-state index contributed by atoms with van der Waals surface area (Å²) in [6, 6.07) is 0. The average molecular weight is 263 g/mol. The van der Waals surface area contributed by atoms with E-state index in [1.807, 2.05) is 0 Å². The van der Waals surface area contributed by atoms with Crippen molar-refractivity contribution in [3.8, 4) is 0 Å². The van der Waals surface area contributed by atoms with Crippen LogP contribution < -0.4 is 0 Å². The predicted octanol–water partition coefficient (Wildman–Crippen LogP) is 3.98. The Balaban J connectivity index is 2.63. The molecule has 0 spiro atoms. The van der Waals surface area contributed by atoms with Crippen molar-refractivity contribution < 1.29 is 0 Å². The van der Waals surface area contributed by atoms with E-state index in [9.17, 15) is 0 Å². The lowest BCUT2D eigenvalue weighted by Gasteiger charge is -2.10. The molecule has 1 aromatic heterocycles. The molecule has 74 valence electrons. The lowest BCUT2D eigenvalue weighted by atomic mass is 9.99. The lowest BCUT2D eigenvalue weighted by Crippen LogP contribution is -1.97. The van der Waals surface area contributed by atoms with Crippen LogP contribution in [0.25, 0.3) is 0 Å². The molecule has 0 radical (unpaired) electrons. The van der Waals surface area contributed by atoms with Gasteiger partial charge in [0.15, 0.2) is 3.92 Å². The maximum Gasteiger partial charge on any atom is 0.183 e. The molecule has 13 heavy (non-hydrogen) atoms. The van der Waals surface area contributed by atoms with Gasteiger partial charge in [0.05, 0.1) is 0 Å². The molecule has 0 N–H and O–H groups in total. The molecule has 0 bridgehead atoms. The maximum absolute atomic E-state index is 4.17. The van der Waals surface area contributed by atoms with E-state index < -0.39 is 0 Å². The Morgan fingerprint density at radius 2 is 1.85 bits per heavy atom. The topological polar surface area (TPSA) is 25.8 Å². The van der Waals surface area contributed by atoms with Crippen LogP contribution >= 0.6 is 27.3 Å². The smallest absolute Gasteiger partial charge is 0.142 e. The quantitative estimate of drug-likeness (QED) is 0.802. The third kappa shape index (κ3) is 3.35. The van der Waals surface area contributed by atoms with Crippen LogP contribution in [0.2, 0.25) is 0 Å². The molecule has 0 aliphatic carbocycles. The van der Waals surface area contributed by atoms with Crippen molar-refractivity contribution in [2.45, 2.75) is 45.4 Å². The Hall–Kier alpha value is 0.0400. The SMILES string of the molecule is CCCC(CCC)c1nnc(Br)s1. The monoisotopic (exact) mass is 262 g/mol. The van der Waals surface area contributed by atoms with E-state index in [0.29, 0.717) is 5.92 Å². The highest BCUT2D eigenvalue weighted by Gasteiger charge is 2.14. The summed E-state index contributed by atoms with van der Waals surface area (Å²) in [6.45, 7) is 4.44. The minimum absolute atomic E-state index is 0.624. The van der Waals surface area contributed by atoms with Gasteiger partial charge in [-0.3, -0.25) is 0 Å². The van der Waals surface area contributed by atoms with Crippen molar-refractivity contribution in [3.05, 3.63) is 8.92 Å². The number of aromatic nitrogens is 2. The summed E-state index contributed by atoms with van der Waals surface area (Å²) in [5.41, 5.74) is 0. The largest absolute Gasteiger partial charge is 0.183 e. The van der Waals surface area contributed by atoms with Gasteiger partial charge in [-0.15, -0.1) is 10.2 Å². The van der Waals surface area contributed by atoms with Crippen molar-refractivity contribution in [2.24, 2.45) is 0 Å². The van der Waals surface area contributed by atoms with Crippen LogP contribution in [0.4, 0.5) is 0 Å². The van der Waals surface area contributed by atoms with Gasteiger partial charge in [0.2, 0.25) is 0 Å². The number of nitrogens with zero attached hydrogens (tertiary/aromatic N) is 2. The number of halogens is 1. The normalized spacial score (nSPS) is 11.1. The van der Waals surface area contributed by atoms with Crippen LogP contribution in [0.3, 0.4) is 0 Å². The van der Waals surface area contributed by atoms with E-state index in [2.05, 4.69) is 40.0 Å². The van der Waals surface area contributed by atoms with Crippen molar-refractivity contribution >= 4 is 27.3 Å². The molecule has 0 aliphatic rings. The summed E-state index contributed by atoms with van der Waals surface area (Å²) < 4.78 is 0.903. The fourth-order valence-electron chi connectivity index (χ4n) is 1.47. The minimum atomic E-state index is 0.624. The van der Waals surface area contributed by atoms with E-state index in [1.165, 1.54) is 30.7 Å². The van der Waals surface area contributed by atoms with Crippen molar-refractivity contribution in [1.29, 1.82) is 0 Å². The van der Waals surface area contributed by atoms with Crippen LogP contribution in [-0.2, 0) is 0 Å². The highest BCUT2D eigenvalue weighted by molar-refractivity contribution is 9.11. The zero-order valence-electron chi connectivity index (χ0n) is 8.09. The van der Waals surface area contributed by atoms with Crippen molar-refractivity contribution in [1.82, 2.24) is 10.2 Å². The molecule has 0 amide bonds.